The van der Waals surface area contributed by atoms with Gasteiger partial charge in [-0.05, 0) is 50.2 Å². The number of anilines is 1. The fraction of sp³-hybridized carbons (Fsp3) is 0.250. The van der Waals surface area contributed by atoms with Gasteiger partial charge in [0.25, 0.3) is 0 Å². The van der Waals surface area contributed by atoms with Crippen LogP contribution in [0.3, 0.4) is 0 Å². The normalized spacial score (nSPS) is 13.4. The van der Waals surface area contributed by atoms with Gasteiger partial charge in [-0.15, -0.1) is 10.2 Å². The Bertz CT molecular complexity index is 1430. The number of nitrogens with one attached hydrogen (secondary N) is 1. The van der Waals surface area contributed by atoms with Crippen LogP contribution in [0.15, 0.2) is 64.8 Å². The third-order valence-corrected chi connectivity index (χ3v) is 6.38. The first-order chi connectivity index (χ1) is 17.0. The van der Waals surface area contributed by atoms with E-state index in [1.165, 1.54) is 16.3 Å². The number of carbonyl (C=O) groups is 1. The third kappa shape index (κ3) is 4.67. The molecule has 1 aliphatic heterocycles. The molecule has 0 unspecified atom stereocenters. The van der Waals surface area contributed by atoms with Crippen molar-refractivity contribution in [3.8, 4) is 22.9 Å². The Hall–Kier alpha value is -3.99. The fourth-order valence-electron chi connectivity index (χ4n) is 3.60. The smallest absolute Gasteiger partial charge is 0.300 e. The van der Waals surface area contributed by atoms with Crippen molar-refractivity contribution in [3.63, 3.8) is 0 Å². The number of hydrogen-bond donors (Lipinski definition) is 1. The summed E-state index contributed by atoms with van der Waals surface area (Å²) in [5.74, 6) is 1.77. The van der Waals surface area contributed by atoms with Crippen LogP contribution in [0.25, 0.3) is 11.3 Å². The summed E-state index contributed by atoms with van der Waals surface area (Å²) in [4.78, 5) is 25.8. The van der Waals surface area contributed by atoms with E-state index in [1.54, 1.807) is 54.0 Å². The predicted octanol–water partition coefficient (Wildman–Crippen LogP) is 3.17. The van der Waals surface area contributed by atoms with Crippen LogP contribution in [0.4, 0.5) is 5.69 Å². The number of carbonyl (C=O) groups excluding carboxylic acids is 1. The van der Waals surface area contributed by atoms with E-state index in [9.17, 15) is 9.59 Å². The molecule has 35 heavy (non-hydrogen) atoms. The summed E-state index contributed by atoms with van der Waals surface area (Å²) in [7, 11) is 0. The van der Waals surface area contributed by atoms with E-state index in [0.717, 1.165) is 5.75 Å². The van der Waals surface area contributed by atoms with Gasteiger partial charge in [0.05, 0.1) is 11.9 Å². The molecule has 2 aromatic heterocycles. The van der Waals surface area contributed by atoms with Crippen LogP contribution in [0.1, 0.15) is 13.8 Å². The quantitative estimate of drug-likeness (QED) is 0.391. The zero-order chi connectivity index (χ0) is 24.4. The van der Waals surface area contributed by atoms with Crippen LogP contribution in [0, 0.1) is 0 Å². The van der Waals surface area contributed by atoms with Gasteiger partial charge in [-0.1, -0.05) is 11.8 Å². The molecule has 0 saturated heterocycles. The summed E-state index contributed by atoms with van der Waals surface area (Å²) in [6.07, 6.45) is 3.36. The molecule has 1 amide bonds. The SMILES string of the molecule is CCOc1ccc(-n2ccn3c(S[C@@H](C)C(=O)Nc4ccc5c(c4)OCCO5)nnc3c2=O)cc1. The molecule has 1 aliphatic rings. The largest absolute Gasteiger partial charge is 0.494 e. The maximum absolute atomic E-state index is 13.0. The van der Waals surface area contributed by atoms with Crippen LogP contribution in [-0.2, 0) is 4.79 Å². The van der Waals surface area contributed by atoms with Crippen LogP contribution in [0.2, 0.25) is 0 Å². The summed E-state index contributed by atoms with van der Waals surface area (Å²) >= 11 is 1.21. The minimum Gasteiger partial charge on any atom is -0.494 e. The molecule has 0 aliphatic carbocycles. The molecule has 1 atom stereocenters. The molecule has 0 bridgehead atoms. The number of fused-ring (bicyclic) bond motifs is 2. The van der Waals surface area contributed by atoms with Crippen LogP contribution < -0.4 is 25.1 Å². The molecule has 4 aromatic rings. The third-order valence-electron chi connectivity index (χ3n) is 5.33. The van der Waals surface area contributed by atoms with Gasteiger partial charge in [-0.25, -0.2) is 0 Å². The van der Waals surface area contributed by atoms with Crippen LogP contribution in [0.5, 0.6) is 17.2 Å². The zero-order valence-corrected chi connectivity index (χ0v) is 19.9. The molecule has 10 nitrogen and oxygen atoms in total. The summed E-state index contributed by atoms with van der Waals surface area (Å²) in [5.41, 5.74) is 1.15. The van der Waals surface area contributed by atoms with Crippen LogP contribution in [-0.4, -0.2) is 50.1 Å². The Kier molecular flexibility index (Phi) is 6.32. The monoisotopic (exact) mass is 493 g/mol. The van der Waals surface area contributed by atoms with E-state index in [1.807, 2.05) is 19.1 Å². The van der Waals surface area contributed by atoms with E-state index in [0.29, 0.717) is 47.9 Å². The summed E-state index contributed by atoms with van der Waals surface area (Å²) in [6.45, 7) is 5.22. The summed E-state index contributed by atoms with van der Waals surface area (Å²) in [6, 6.07) is 12.5. The number of nitrogens with zero attached hydrogens (tertiary/aromatic N) is 4. The highest BCUT2D eigenvalue weighted by Gasteiger charge is 2.20. The Balaban J connectivity index is 1.31. The average molecular weight is 494 g/mol. The van der Waals surface area contributed by atoms with E-state index < -0.39 is 5.25 Å². The first-order valence-corrected chi connectivity index (χ1v) is 12.0. The maximum Gasteiger partial charge on any atom is 0.300 e. The van der Waals surface area contributed by atoms with E-state index in [2.05, 4.69) is 15.5 Å². The van der Waals surface area contributed by atoms with Gasteiger partial charge in [0, 0.05) is 29.8 Å². The Morgan fingerprint density at radius 1 is 1.11 bits per heavy atom. The Morgan fingerprint density at radius 3 is 2.66 bits per heavy atom. The summed E-state index contributed by atoms with van der Waals surface area (Å²) < 4.78 is 19.6. The molecule has 0 saturated carbocycles. The van der Waals surface area contributed by atoms with Crippen molar-refractivity contribution in [1.29, 1.82) is 0 Å². The molecule has 3 heterocycles. The van der Waals surface area contributed by atoms with Gasteiger partial charge < -0.3 is 19.5 Å². The number of aromatic nitrogens is 4. The minimum absolute atomic E-state index is 0.170. The Labute approximate surface area is 204 Å². The van der Waals surface area contributed by atoms with Crippen LogP contribution >= 0.6 is 11.8 Å². The standard InChI is InChI=1S/C24H23N5O5S/c1-3-32-18-7-5-17(6-8-18)28-10-11-29-21(23(28)31)26-27-24(29)35-15(2)22(30)25-16-4-9-19-20(14-16)34-13-12-33-19/h4-11,14-15H,3,12-13H2,1-2H3,(H,25,30)/t15-/m0/s1. The van der Waals surface area contributed by atoms with E-state index in [-0.39, 0.29) is 17.1 Å². The number of hydrogen-bond acceptors (Lipinski definition) is 8. The molecule has 1 N–H and O–H groups in total. The number of benzene rings is 2. The lowest BCUT2D eigenvalue weighted by Gasteiger charge is -2.19. The van der Waals surface area contributed by atoms with Gasteiger partial charge in [0.15, 0.2) is 16.7 Å². The molecule has 5 rings (SSSR count). The van der Waals surface area contributed by atoms with Crippen molar-refractivity contribution in [2.45, 2.75) is 24.3 Å². The van der Waals surface area contributed by atoms with Crippen molar-refractivity contribution in [1.82, 2.24) is 19.2 Å². The molecule has 0 spiro atoms. The van der Waals surface area contributed by atoms with E-state index in [4.69, 9.17) is 14.2 Å². The second-order valence-electron chi connectivity index (χ2n) is 7.68. The molecule has 0 fully saturated rings. The molecule has 0 radical (unpaired) electrons. The number of rotatable bonds is 7. The average Bonchev–Trinajstić information content (AvgIpc) is 3.28. The first kappa shape index (κ1) is 22.8. The maximum atomic E-state index is 13.0. The van der Waals surface area contributed by atoms with Gasteiger partial charge in [0.1, 0.15) is 19.0 Å². The van der Waals surface area contributed by atoms with Crippen molar-refractivity contribution < 1.29 is 19.0 Å². The van der Waals surface area contributed by atoms with Gasteiger partial charge in [-0.2, -0.15) is 0 Å². The highest BCUT2D eigenvalue weighted by Crippen LogP contribution is 2.33. The lowest BCUT2D eigenvalue weighted by molar-refractivity contribution is -0.115. The highest BCUT2D eigenvalue weighted by atomic mass is 32.2. The topological polar surface area (TPSA) is 109 Å². The van der Waals surface area contributed by atoms with Crippen molar-refractivity contribution in [2.75, 3.05) is 25.1 Å². The highest BCUT2D eigenvalue weighted by molar-refractivity contribution is 8.00. The molecular formula is C24H23N5O5S. The number of ether oxygens (including phenoxy) is 3. The second-order valence-corrected chi connectivity index (χ2v) is 8.99. The lowest BCUT2D eigenvalue weighted by Crippen LogP contribution is -2.23. The van der Waals surface area contributed by atoms with Gasteiger partial charge in [-0.3, -0.25) is 18.6 Å². The molecule has 2 aromatic carbocycles. The van der Waals surface area contributed by atoms with Crippen molar-refractivity contribution in [3.05, 3.63) is 65.2 Å². The number of amides is 1. The zero-order valence-electron chi connectivity index (χ0n) is 19.1. The minimum atomic E-state index is -0.496. The Morgan fingerprint density at radius 2 is 1.89 bits per heavy atom. The van der Waals surface area contributed by atoms with E-state index >= 15 is 0 Å². The fourth-order valence-corrected chi connectivity index (χ4v) is 4.43. The van der Waals surface area contributed by atoms with Crippen molar-refractivity contribution >= 4 is 29.0 Å². The predicted molar refractivity (Wildman–Crippen MR) is 131 cm³/mol. The van der Waals surface area contributed by atoms with Crippen molar-refractivity contribution in [2.24, 2.45) is 0 Å². The second kappa shape index (κ2) is 9.71. The van der Waals surface area contributed by atoms with Gasteiger partial charge >= 0.3 is 5.56 Å². The lowest BCUT2D eigenvalue weighted by atomic mass is 10.2. The number of thioether (sulfide) groups is 1. The molecule has 11 heteroatoms. The molecule has 180 valence electrons. The van der Waals surface area contributed by atoms with Gasteiger partial charge in [0.2, 0.25) is 11.6 Å². The first-order valence-electron chi connectivity index (χ1n) is 11.1. The summed E-state index contributed by atoms with van der Waals surface area (Å²) in [5, 5.41) is 11.0. The molecular weight excluding hydrogens is 470 g/mol.